The first-order valence-corrected chi connectivity index (χ1v) is 11.2. The Morgan fingerprint density at radius 2 is 1.79 bits per heavy atom. The summed E-state index contributed by atoms with van der Waals surface area (Å²) in [6.45, 7) is 1.85. The lowest BCUT2D eigenvalue weighted by Crippen LogP contribution is -2.54. The number of hydrogen-bond acceptors (Lipinski definition) is 8. The average molecular weight is 472 g/mol. The van der Waals surface area contributed by atoms with Crippen LogP contribution in [0.25, 0.3) is 17.3 Å². The molecule has 3 aromatic rings. The average Bonchev–Trinajstić information content (AvgIpc) is 3.44. The summed E-state index contributed by atoms with van der Waals surface area (Å²) >= 11 is 1.39. The molecule has 3 amide bonds. The Balaban J connectivity index is 1.76. The normalized spacial score (nSPS) is 16.5. The van der Waals surface area contributed by atoms with Crippen LogP contribution in [-0.2, 0) is 4.79 Å². The maximum absolute atomic E-state index is 12.3. The molecule has 3 heterocycles. The molecule has 11 heteroatoms. The molecular formula is C22H25N5O5S. The lowest BCUT2D eigenvalue weighted by Gasteiger charge is -2.36. The fraction of sp³-hybridized carbons (Fsp3) is 0.364. The van der Waals surface area contributed by atoms with Crippen LogP contribution in [0.4, 0.5) is 4.79 Å². The van der Waals surface area contributed by atoms with Crippen molar-refractivity contribution >= 4 is 23.7 Å². The molecule has 2 aromatic heterocycles. The number of nitrogens with zero attached hydrogens (tertiary/aromatic N) is 5. The number of rotatable bonds is 7. The van der Waals surface area contributed by atoms with Gasteiger partial charge in [0.05, 0.1) is 20.3 Å². The molecular weight excluding hydrogens is 446 g/mol. The zero-order valence-corrected chi connectivity index (χ0v) is 19.9. The maximum Gasteiger partial charge on any atom is 0.326 e. The second-order valence-electron chi connectivity index (χ2n) is 7.58. The summed E-state index contributed by atoms with van der Waals surface area (Å²) in [7, 11) is 6.35. The van der Waals surface area contributed by atoms with Gasteiger partial charge in [0.1, 0.15) is 22.9 Å². The minimum atomic E-state index is -0.323. The molecule has 0 aliphatic carbocycles. The van der Waals surface area contributed by atoms with Gasteiger partial charge in [-0.25, -0.2) is 4.79 Å². The summed E-state index contributed by atoms with van der Waals surface area (Å²) in [5.41, 5.74) is 0.628. The Morgan fingerprint density at radius 1 is 1.09 bits per heavy atom. The number of aryl methyl sites for hydroxylation is 1. The molecule has 0 spiro atoms. The van der Waals surface area contributed by atoms with Gasteiger partial charge in [-0.1, -0.05) is 17.8 Å². The Kier molecular flexibility index (Phi) is 6.32. The van der Waals surface area contributed by atoms with E-state index in [0.717, 1.165) is 10.7 Å². The van der Waals surface area contributed by atoms with E-state index in [4.69, 9.17) is 13.9 Å². The smallest absolute Gasteiger partial charge is 0.326 e. The topological polar surface area (TPSA) is 103 Å². The lowest BCUT2D eigenvalue weighted by molar-refractivity contribution is -0.130. The van der Waals surface area contributed by atoms with Crippen molar-refractivity contribution in [1.82, 2.24) is 24.6 Å². The molecule has 4 rings (SSSR count). The number of methoxy groups -OCH3 is 2. The van der Waals surface area contributed by atoms with Gasteiger partial charge in [-0.15, -0.1) is 10.2 Å². The predicted octanol–water partition coefficient (Wildman–Crippen LogP) is 3.23. The predicted molar refractivity (Wildman–Crippen MR) is 122 cm³/mol. The van der Waals surface area contributed by atoms with Crippen molar-refractivity contribution in [3.63, 3.8) is 0 Å². The molecule has 0 radical (unpaired) electrons. The van der Waals surface area contributed by atoms with E-state index in [0.29, 0.717) is 39.7 Å². The van der Waals surface area contributed by atoms with E-state index in [2.05, 4.69) is 10.2 Å². The van der Waals surface area contributed by atoms with Gasteiger partial charge in [0, 0.05) is 26.3 Å². The summed E-state index contributed by atoms with van der Waals surface area (Å²) in [6, 6.07) is 8.57. The van der Waals surface area contributed by atoms with E-state index in [1.165, 1.54) is 18.8 Å². The second-order valence-corrected chi connectivity index (χ2v) is 8.57. The standard InChI is InChI=1S/C22H25N5O5S/c1-13-9-10-17(32-13)20-23-24-21(27(20)19-15(30-4)7-6-8-16(19)31-5)33-12-14-11-18(28)26(3)22(29)25(14)2/h6-10,14H,11-12H2,1-5H3. The number of carbonyl (C=O) groups excluding carboxylic acids is 2. The number of para-hydroxylation sites is 1. The summed E-state index contributed by atoms with van der Waals surface area (Å²) < 4.78 is 18.9. The second kappa shape index (κ2) is 9.18. The van der Waals surface area contributed by atoms with Crippen molar-refractivity contribution in [2.75, 3.05) is 34.1 Å². The van der Waals surface area contributed by atoms with Crippen molar-refractivity contribution in [3.05, 3.63) is 36.1 Å². The van der Waals surface area contributed by atoms with Gasteiger partial charge in [0.25, 0.3) is 0 Å². The monoisotopic (exact) mass is 471 g/mol. The van der Waals surface area contributed by atoms with Crippen molar-refractivity contribution in [1.29, 1.82) is 0 Å². The Labute approximate surface area is 195 Å². The van der Waals surface area contributed by atoms with Gasteiger partial charge in [0.2, 0.25) is 11.7 Å². The quantitative estimate of drug-likeness (QED) is 0.484. The first-order valence-electron chi connectivity index (χ1n) is 10.3. The molecule has 1 atom stereocenters. The molecule has 1 unspecified atom stereocenters. The minimum absolute atomic E-state index is 0.205. The highest BCUT2D eigenvalue weighted by atomic mass is 32.2. The number of ether oxygens (including phenoxy) is 2. The van der Waals surface area contributed by atoms with Crippen LogP contribution in [0.2, 0.25) is 0 Å². The highest BCUT2D eigenvalue weighted by Gasteiger charge is 2.35. The minimum Gasteiger partial charge on any atom is -0.494 e. The third-order valence-electron chi connectivity index (χ3n) is 5.55. The van der Waals surface area contributed by atoms with Gasteiger partial charge in [-0.3, -0.25) is 14.3 Å². The highest BCUT2D eigenvalue weighted by Crippen LogP contribution is 2.39. The number of thioether (sulfide) groups is 1. The van der Waals surface area contributed by atoms with E-state index in [1.54, 1.807) is 26.2 Å². The molecule has 174 valence electrons. The van der Waals surface area contributed by atoms with Crippen LogP contribution in [0.1, 0.15) is 12.2 Å². The number of urea groups is 1. The van der Waals surface area contributed by atoms with E-state index in [1.807, 2.05) is 41.8 Å². The molecule has 0 N–H and O–H groups in total. The Hall–Kier alpha value is -3.47. The SMILES string of the molecule is COc1cccc(OC)c1-n1c(SCC2CC(=O)N(C)C(=O)N2C)nnc1-c1ccc(C)o1. The van der Waals surface area contributed by atoms with Crippen LogP contribution in [0.15, 0.2) is 39.9 Å². The van der Waals surface area contributed by atoms with Crippen LogP contribution in [-0.4, -0.2) is 76.6 Å². The summed E-state index contributed by atoms with van der Waals surface area (Å²) in [5.74, 6) is 3.16. The number of carbonyl (C=O) groups is 2. The summed E-state index contributed by atoms with van der Waals surface area (Å²) in [4.78, 5) is 27.3. The molecule has 10 nitrogen and oxygen atoms in total. The molecule has 1 aliphatic heterocycles. The van der Waals surface area contributed by atoms with Crippen LogP contribution in [0.5, 0.6) is 11.5 Å². The van der Waals surface area contributed by atoms with E-state index >= 15 is 0 Å². The molecule has 1 aromatic carbocycles. The lowest BCUT2D eigenvalue weighted by atomic mass is 10.1. The number of amides is 3. The molecule has 1 aliphatic rings. The van der Waals surface area contributed by atoms with Gasteiger partial charge in [-0.2, -0.15) is 0 Å². The van der Waals surface area contributed by atoms with E-state index in [-0.39, 0.29) is 24.4 Å². The van der Waals surface area contributed by atoms with E-state index in [9.17, 15) is 9.59 Å². The summed E-state index contributed by atoms with van der Waals surface area (Å²) in [6.07, 6.45) is 0.238. The fourth-order valence-corrected chi connectivity index (χ4v) is 4.74. The van der Waals surface area contributed by atoms with Gasteiger partial charge in [-0.05, 0) is 31.2 Å². The third-order valence-corrected chi connectivity index (χ3v) is 6.62. The van der Waals surface area contributed by atoms with Gasteiger partial charge in [0.15, 0.2) is 10.9 Å². The van der Waals surface area contributed by atoms with Crippen LogP contribution in [0.3, 0.4) is 0 Å². The van der Waals surface area contributed by atoms with Crippen molar-refractivity contribution < 1.29 is 23.5 Å². The molecule has 33 heavy (non-hydrogen) atoms. The third kappa shape index (κ3) is 4.15. The first kappa shape index (κ1) is 22.7. The number of imide groups is 1. The maximum atomic E-state index is 12.3. The van der Waals surface area contributed by atoms with Crippen LogP contribution in [0, 0.1) is 6.92 Å². The molecule has 1 fully saturated rings. The summed E-state index contributed by atoms with van der Waals surface area (Å²) in [5, 5.41) is 9.33. The van der Waals surface area contributed by atoms with Crippen molar-refractivity contribution in [2.24, 2.45) is 0 Å². The van der Waals surface area contributed by atoms with Crippen molar-refractivity contribution in [3.8, 4) is 28.8 Å². The number of hydrogen-bond donors (Lipinski definition) is 0. The number of furan rings is 1. The van der Waals surface area contributed by atoms with E-state index < -0.39 is 0 Å². The highest BCUT2D eigenvalue weighted by molar-refractivity contribution is 7.99. The van der Waals surface area contributed by atoms with Crippen LogP contribution >= 0.6 is 11.8 Å². The Morgan fingerprint density at radius 3 is 2.39 bits per heavy atom. The molecule has 0 saturated carbocycles. The van der Waals surface area contributed by atoms with Crippen molar-refractivity contribution in [2.45, 2.75) is 24.5 Å². The number of aromatic nitrogens is 3. The molecule has 0 bridgehead atoms. The van der Waals surface area contributed by atoms with Crippen LogP contribution < -0.4 is 9.47 Å². The zero-order chi connectivity index (χ0) is 23.7. The largest absolute Gasteiger partial charge is 0.494 e. The van der Waals surface area contributed by atoms with Gasteiger partial charge < -0.3 is 18.8 Å². The Bertz CT molecular complexity index is 1170. The first-order chi connectivity index (χ1) is 15.8. The van der Waals surface area contributed by atoms with Gasteiger partial charge >= 0.3 is 6.03 Å². The number of benzene rings is 1. The molecule has 1 saturated heterocycles. The zero-order valence-electron chi connectivity index (χ0n) is 19.1. The fourth-order valence-electron chi connectivity index (χ4n) is 3.65.